The minimum atomic E-state index is -0.823. The zero-order chi connectivity index (χ0) is 22.9. The number of aliphatic hydroxyl groups excluding tert-OH is 1. The molecule has 3 rings (SSSR count). The SMILES string of the molecule is CC(O)c1ncc(Cl)c(CC(=O)N2CCC3C(CCC(C)(C)O)CCCC3C2C)c1Cl.S. The summed E-state index contributed by atoms with van der Waals surface area (Å²) in [5, 5.41) is 20.7. The third kappa shape index (κ3) is 6.32. The molecule has 1 aliphatic heterocycles. The van der Waals surface area contributed by atoms with Crippen LogP contribution in [0.15, 0.2) is 6.20 Å². The third-order valence-electron chi connectivity index (χ3n) is 7.35. The molecule has 5 unspecified atom stereocenters. The fraction of sp³-hybridized carbons (Fsp3) is 0.750. The van der Waals surface area contributed by atoms with E-state index in [1.807, 2.05) is 18.7 Å². The Morgan fingerprint density at radius 3 is 2.59 bits per heavy atom. The first-order chi connectivity index (χ1) is 14.5. The maximum atomic E-state index is 13.3. The number of halogens is 2. The van der Waals surface area contributed by atoms with Crippen LogP contribution in [0.4, 0.5) is 0 Å². The van der Waals surface area contributed by atoms with E-state index in [1.165, 1.54) is 19.0 Å². The lowest BCUT2D eigenvalue weighted by Gasteiger charge is -2.50. The smallest absolute Gasteiger partial charge is 0.227 e. The van der Waals surface area contributed by atoms with Crippen molar-refractivity contribution in [2.45, 2.75) is 90.4 Å². The Hall–Kier alpha value is -0.530. The van der Waals surface area contributed by atoms with Crippen LogP contribution in [0.3, 0.4) is 0 Å². The highest BCUT2D eigenvalue weighted by atomic mass is 35.5. The van der Waals surface area contributed by atoms with Crippen LogP contribution in [0.2, 0.25) is 10.0 Å². The van der Waals surface area contributed by atoms with E-state index in [9.17, 15) is 15.0 Å². The van der Waals surface area contributed by atoms with E-state index >= 15 is 0 Å². The molecule has 1 saturated heterocycles. The molecule has 0 spiro atoms. The number of pyridine rings is 1. The number of carbonyl (C=O) groups excluding carboxylic acids is 1. The van der Waals surface area contributed by atoms with Gasteiger partial charge >= 0.3 is 0 Å². The number of nitrogens with zero attached hydrogens (tertiary/aromatic N) is 2. The molecular weight excluding hydrogens is 467 g/mol. The van der Waals surface area contributed by atoms with Crippen LogP contribution < -0.4 is 0 Å². The van der Waals surface area contributed by atoms with Crippen LogP contribution in [0.25, 0.3) is 0 Å². The van der Waals surface area contributed by atoms with Crippen molar-refractivity contribution >= 4 is 42.6 Å². The first kappa shape index (κ1) is 27.7. The van der Waals surface area contributed by atoms with Gasteiger partial charge in [-0.1, -0.05) is 36.0 Å². The maximum Gasteiger partial charge on any atom is 0.227 e. The number of aliphatic hydroxyl groups is 2. The number of piperidine rings is 1. The molecule has 0 bridgehead atoms. The number of amides is 1. The molecule has 0 radical (unpaired) electrons. The van der Waals surface area contributed by atoms with Gasteiger partial charge in [0.25, 0.3) is 0 Å². The summed E-state index contributed by atoms with van der Waals surface area (Å²) >= 11 is 12.7. The van der Waals surface area contributed by atoms with Gasteiger partial charge in [-0.05, 0) is 71.1 Å². The van der Waals surface area contributed by atoms with Crippen LogP contribution in [0.1, 0.15) is 83.6 Å². The summed E-state index contributed by atoms with van der Waals surface area (Å²) in [4.78, 5) is 19.4. The van der Waals surface area contributed by atoms with E-state index < -0.39 is 11.7 Å². The molecule has 5 atom stereocenters. The number of likely N-dealkylation sites (tertiary alicyclic amines) is 1. The Kier molecular flexibility index (Phi) is 9.75. The third-order valence-corrected chi connectivity index (χ3v) is 8.10. The molecule has 32 heavy (non-hydrogen) atoms. The van der Waals surface area contributed by atoms with E-state index in [4.69, 9.17) is 23.2 Å². The number of carbonyl (C=O) groups is 1. The Morgan fingerprint density at radius 2 is 1.97 bits per heavy atom. The van der Waals surface area contributed by atoms with Crippen molar-refractivity contribution < 1.29 is 15.0 Å². The normalized spacial score (nSPS) is 26.8. The number of hydrogen-bond donors (Lipinski definition) is 2. The molecule has 2 fully saturated rings. The second-order valence-electron chi connectivity index (χ2n) is 10.1. The highest BCUT2D eigenvalue weighted by molar-refractivity contribution is 7.59. The van der Waals surface area contributed by atoms with Crippen LogP contribution in [0.5, 0.6) is 0 Å². The lowest BCUT2D eigenvalue weighted by atomic mass is 9.64. The molecule has 8 heteroatoms. The van der Waals surface area contributed by atoms with Crippen LogP contribution in [0, 0.1) is 17.8 Å². The van der Waals surface area contributed by atoms with Gasteiger partial charge in [-0.2, -0.15) is 13.5 Å². The molecule has 5 nitrogen and oxygen atoms in total. The molecule has 2 N–H and O–H groups in total. The molecule has 1 aromatic rings. The van der Waals surface area contributed by atoms with Gasteiger partial charge in [-0.25, -0.2) is 0 Å². The second kappa shape index (κ2) is 11.3. The molecule has 1 saturated carbocycles. The van der Waals surface area contributed by atoms with Gasteiger partial charge in [0.2, 0.25) is 5.91 Å². The summed E-state index contributed by atoms with van der Waals surface area (Å²) in [6, 6.07) is 0.173. The zero-order valence-corrected chi connectivity index (χ0v) is 22.1. The topological polar surface area (TPSA) is 73.7 Å². The maximum absolute atomic E-state index is 13.3. The number of fused-ring (bicyclic) bond motifs is 1. The van der Waals surface area contributed by atoms with E-state index in [0.29, 0.717) is 34.0 Å². The largest absolute Gasteiger partial charge is 0.390 e. The summed E-state index contributed by atoms with van der Waals surface area (Å²) in [6.07, 6.45) is 7.19. The van der Waals surface area contributed by atoms with Crippen molar-refractivity contribution in [2.24, 2.45) is 17.8 Å². The van der Waals surface area contributed by atoms with E-state index in [1.54, 1.807) is 6.92 Å². The van der Waals surface area contributed by atoms with Crippen molar-refractivity contribution in [3.05, 3.63) is 27.5 Å². The molecule has 1 amide bonds. The fourth-order valence-electron chi connectivity index (χ4n) is 5.64. The van der Waals surface area contributed by atoms with Gasteiger partial charge in [-0.15, -0.1) is 0 Å². The van der Waals surface area contributed by atoms with Gasteiger partial charge in [0, 0.05) is 24.3 Å². The lowest BCUT2D eigenvalue weighted by Crippen LogP contribution is -2.53. The first-order valence-electron chi connectivity index (χ1n) is 11.5. The summed E-state index contributed by atoms with van der Waals surface area (Å²) in [5.74, 6) is 1.76. The minimum Gasteiger partial charge on any atom is -0.390 e. The number of hydrogen-bond acceptors (Lipinski definition) is 4. The minimum absolute atomic E-state index is 0. The molecule has 182 valence electrons. The zero-order valence-electron chi connectivity index (χ0n) is 19.6. The Balaban J connectivity index is 0.00000363. The Labute approximate surface area is 209 Å². The first-order valence-corrected chi connectivity index (χ1v) is 12.3. The predicted octanol–water partition coefficient (Wildman–Crippen LogP) is 5.30. The van der Waals surface area contributed by atoms with Gasteiger partial charge in [0.05, 0.1) is 33.9 Å². The van der Waals surface area contributed by atoms with Crippen molar-refractivity contribution in [2.75, 3.05) is 6.54 Å². The van der Waals surface area contributed by atoms with E-state index in [0.717, 1.165) is 32.2 Å². The number of rotatable bonds is 6. The van der Waals surface area contributed by atoms with Gasteiger partial charge in [0.15, 0.2) is 0 Å². The Morgan fingerprint density at radius 1 is 1.28 bits per heavy atom. The highest BCUT2D eigenvalue weighted by Gasteiger charge is 2.42. The molecular formula is C24H38Cl2N2O3S. The predicted molar refractivity (Wildman–Crippen MR) is 135 cm³/mol. The fourth-order valence-corrected chi connectivity index (χ4v) is 6.27. The molecule has 1 aromatic heterocycles. The molecule has 1 aliphatic carbocycles. The van der Waals surface area contributed by atoms with Crippen molar-refractivity contribution in [3.63, 3.8) is 0 Å². The van der Waals surface area contributed by atoms with Gasteiger partial charge < -0.3 is 15.1 Å². The lowest BCUT2D eigenvalue weighted by molar-refractivity contribution is -0.138. The monoisotopic (exact) mass is 504 g/mol. The van der Waals surface area contributed by atoms with E-state index in [2.05, 4.69) is 11.9 Å². The van der Waals surface area contributed by atoms with Gasteiger partial charge in [0.1, 0.15) is 0 Å². The standard InChI is InChI=1S/C24H36Cl2N2O3.H2S/c1-14-17-7-5-6-16(8-10-24(3,4)31)18(17)9-11-28(14)21(30)12-19-20(25)13-27-23(15(2)29)22(19)26;/h13-18,29,31H,5-12H2,1-4H3;1H2. The van der Waals surface area contributed by atoms with E-state index in [-0.39, 0.29) is 36.9 Å². The summed E-state index contributed by atoms with van der Waals surface area (Å²) < 4.78 is 0. The average molecular weight is 506 g/mol. The average Bonchev–Trinajstić information content (AvgIpc) is 2.69. The van der Waals surface area contributed by atoms with Crippen molar-refractivity contribution in [3.8, 4) is 0 Å². The van der Waals surface area contributed by atoms with Gasteiger partial charge in [-0.3, -0.25) is 9.78 Å². The van der Waals surface area contributed by atoms with Crippen LogP contribution in [-0.4, -0.2) is 44.2 Å². The van der Waals surface area contributed by atoms with Crippen LogP contribution in [-0.2, 0) is 11.2 Å². The second-order valence-corrected chi connectivity index (χ2v) is 10.9. The quantitative estimate of drug-likeness (QED) is 0.550. The van der Waals surface area contributed by atoms with Crippen molar-refractivity contribution in [1.29, 1.82) is 0 Å². The molecule has 2 heterocycles. The summed E-state index contributed by atoms with van der Waals surface area (Å²) in [6.45, 7) is 8.27. The Bertz CT molecular complexity index is 800. The van der Waals surface area contributed by atoms with Crippen LogP contribution >= 0.6 is 36.7 Å². The highest BCUT2D eigenvalue weighted by Crippen LogP contribution is 2.45. The van der Waals surface area contributed by atoms with Crippen molar-refractivity contribution in [1.82, 2.24) is 9.88 Å². The molecule has 2 aliphatic rings. The number of aromatic nitrogens is 1. The summed E-state index contributed by atoms with van der Waals surface area (Å²) in [7, 11) is 0. The summed E-state index contributed by atoms with van der Waals surface area (Å²) in [5.41, 5.74) is 0.270. The molecule has 0 aromatic carbocycles.